The van der Waals surface area contributed by atoms with Gasteiger partial charge in [-0.05, 0) is 36.6 Å². The van der Waals surface area contributed by atoms with Gasteiger partial charge in [-0.2, -0.15) is 0 Å². The highest BCUT2D eigenvalue weighted by atomic mass is 16.5. The van der Waals surface area contributed by atoms with Crippen molar-refractivity contribution in [3.63, 3.8) is 0 Å². The Morgan fingerprint density at radius 1 is 1.33 bits per heavy atom. The van der Waals surface area contributed by atoms with Gasteiger partial charge in [0.1, 0.15) is 0 Å². The van der Waals surface area contributed by atoms with Crippen LogP contribution in [-0.4, -0.2) is 50.8 Å². The summed E-state index contributed by atoms with van der Waals surface area (Å²) in [6.45, 7) is 6.86. The lowest BCUT2D eigenvalue weighted by Crippen LogP contribution is -2.48. The van der Waals surface area contributed by atoms with Gasteiger partial charge in [-0.3, -0.25) is 4.90 Å². The second-order valence-corrected chi connectivity index (χ2v) is 6.19. The molecule has 0 saturated carbocycles. The molecular weight excluding hydrogens is 262 g/mol. The molecule has 0 aromatic heterocycles. The van der Waals surface area contributed by atoms with E-state index in [0.717, 1.165) is 32.7 Å². The maximum atomic E-state index is 5.96. The minimum atomic E-state index is 0.113. The summed E-state index contributed by atoms with van der Waals surface area (Å²) in [4.78, 5) is 4.88. The van der Waals surface area contributed by atoms with Crippen LogP contribution >= 0.6 is 0 Å². The first-order valence-electron chi connectivity index (χ1n) is 8.14. The van der Waals surface area contributed by atoms with Crippen LogP contribution in [0.3, 0.4) is 0 Å². The molecule has 4 heteroatoms. The number of ether oxygens (including phenoxy) is 1. The second kappa shape index (κ2) is 6.34. The Bertz CT molecular complexity index is 489. The molecule has 2 N–H and O–H groups in total. The highest BCUT2D eigenvalue weighted by Crippen LogP contribution is 2.34. The zero-order chi connectivity index (χ0) is 14.8. The molecule has 2 unspecified atom stereocenters. The molecule has 3 rings (SSSR count). The Labute approximate surface area is 127 Å². The van der Waals surface area contributed by atoms with Gasteiger partial charge in [0.25, 0.3) is 0 Å². The molecule has 2 heterocycles. The summed E-state index contributed by atoms with van der Waals surface area (Å²) in [6.07, 6.45) is 2.43. The summed E-state index contributed by atoms with van der Waals surface area (Å²) >= 11 is 0. The van der Waals surface area contributed by atoms with Gasteiger partial charge in [-0.25, -0.2) is 0 Å². The summed E-state index contributed by atoms with van der Waals surface area (Å²) in [5, 5.41) is 0. The molecule has 1 aromatic rings. The molecule has 2 atom stereocenters. The Morgan fingerprint density at radius 3 is 2.95 bits per heavy atom. The fourth-order valence-electron chi connectivity index (χ4n) is 3.72. The normalized spacial score (nSPS) is 26.1. The molecule has 2 aliphatic heterocycles. The molecule has 4 nitrogen and oxygen atoms in total. The van der Waals surface area contributed by atoms with Crippen LogP contribution in [0.4, 0.5) is 5.69 Å². The van der Waals surface area contributed by atoms with Crippen LogP contribution in [0, 0.1) is 0 Å². The molecule has 1 saturated heterocycles. The van der Waals surface area contributed by atoms with E-state index in [0.29, 0.717) is 12.6 Å². The summed E-state index contributed by atoms with van der Waals surface area (Å²) in [5.74, 6) is 0. The molecular formula is C17H27N3O. The number of nitrogens with two attached hydrogens (primary N) is 1. The van der Waals surface area contributed by atoms with Crippen LogP contribution in [0.2, 0.25) is 0 Å². The van der Waals surface area contributed by atoms with E-state index in [1.807, 2.05) is 0 Å². The smallest absolute Gasteiger partial charge is 0.0894 e. The number of hydrogen-bond donors (Lipinski definition) is 1. The maximum absolute atomic E-state index is 5.96. The number of hydrogen-bond acceptors (Lipinski definition) is 4. The highest BCUT2D eigenvalue weighted by Gasteiger charge is 2.33. The Kier molecular flexibility index (Phi) is 4.48. The SMILES string of the molecule is CCCN1CCOC(CN)C1c1ccc2c(c1)CCN2C. The predicted molar refractivity (Wildman–Crippen MR) is 86.8 cm³/mol. The molecule has 116 valence electrons. The number of morpholine rings is 1. The minimum absolute atomic E-state index is 0.113. The zero-order valence-corrected chi connectivity index (χ0v) is 13.2. The van der Waals surface area contributed by atoms with Crippen LogP contribution in [0.25, 0.3) is 0 Å². The third kappa shape index (κ3) is 2.80. The molecule has 0 spiro atoms. The minimum Gasteiger partial charge on any atom is -0.374 e. The van der Waals surface area contributed by atoms with E-state index < -0.39 is 0 Å². The standard InChI is InChI=1S/C17H27N3O/c1-3-7-20-9-10-21-16(12-18)17(20)14-4-5-15-13(11-14)6-8-19(15)2/h4-5,11,16-17H,3,6-10,12,18H2,1-2H3. The average molecular weight is 289 g/mol. The van der Waals surface area contributed by atoms with Crippen LogP contribution < -0.4 is 10.6 Å². The Morgan fingerprint density at radius 2 is 2.19 bits per heavy atom. The van der Waals surface area contributed by atoms with Crippen molar-refractivity contribution in [2.24, 2.45) is 5.73 Å². The maximum Gasteiger partial charge on any atom is 0.0894 e. The van der Waals surface area contributed by atoms with Crippen molar-refractivity contribution in [3.8, 4) is 0 Å². The number of nitrogens with zero attached hydrogens (tertiary/aromatic N) is 2. The monoisotopic (exact) mass is 289 g/mol. The first kappa shape index (κ1) is 14.8. The van der Waals surface area contributed by atoms with Crippen LogP contribution in [0.15, 0.2) is 18.2 Å². The second-order valence-electron chi connectivity index (χ2n) is 6.19. The van der Waals surface area contributed by atoms with Crippen molar-refractivity contribution >= 4 is 5.69 Å². The van der Waals surface area contributed by atoms with E-state index in [9.17, 15) is 0 Å². The van der Waals surface area contributed by atoms with Crippen molar-refractivity contribution in [1.29, 1.82) is 0 Å². The molecule has 2 aliphatic rings. The lowest BCUT2D eigenvalue weighted by Gasteiger charge is -2.41. The van der Waals surface area contributed by atoms with Gasteiger partial charge in [0.15, 0.2) is 0 Å². The van der Waals surface area contributed by atoms with Crippen molar-refractivity contribution < 1.29 is 4.74 Å². The van der Waals surface area contributed by atoms with E-state index in [1.54, 1.807) is 0 Å². The molecule has 0 bridgehead atoms. The van der Waals surface area contributed by atoms with Gasteiger partial charge in [0.05, 0.1) is 18.8 Å². The molecule has 0 radical (unpaired) electrons. The number of fused-ring (bicyclic) bond motifs is 1. The lowest BCUT2D eigenvalue weighted by molar-refractivity contribution is -0.0676. The van der Waals surface area contributed by atoms with Gasteiger partial charge in [0.2, 0.25) is 0 Å². The van der Waals surface area contributed by atoms with E-state index in [1.165, 1.54) is 23.2 Å². The lowest BCUT2D eigenvalue weighted by atomic mass is 9.95. The van der Waals surface area contributed by atoms with E-state index in [4.69, 9.17) is 10.5 Å². The fraction of sp³-hybridized carbons (Fsp3) is 0.647. The van der Waals surface area contributed by atoms with Crippen LogP contribution in [0.5, 0.6) is 0 Å². The largest absolute Gasteiger partial charge is 0.374 e. The number of benzene rings is 1. The summed E-state index contributed by atoms with van der Waals surface area (Å²) in [6, 6.07) is 7.22. The molecule has 1 fully saturated rings. The Hall–Kier alpha value is -1.10. The van der Waals surface area contributed by atoms with Crippen molar-refractivity contribution in [1.82, 2.24) is 4.90 Å². The van der Waals surface area contributed by atoms with Crippen LogP contribution in [0.1, 0.15) is 30.5 Å². The van der Waals surface area contributed by atoms with Crippen LogP contribution in [-0.2, 0) is 11.2 Å². The fourth-order valence-corrected chi connectivity index (χ4v) is 3.72. The molecule has 1 aromatic carbocycles. The topological polar surface area (TPSA) is 41.7 Å². The summed E-state index contributed by atoms with van der Waals surface area (Å²) < 4.78 is 5.93. The zero-order valence-electron chi connectivity index (χ0n) is 13.2. The van der Waals surface area contributed by atoms with Gasteiger partial charge in [0, 0.05) is 32.4 Å². The first-order valence-corrected chi connectivity index (χ1v) is 8.14. The third-order valence-electron chi connectivity index (χ3n) is 4.77. The number of likely N-dealkylation sites (N-methyl/N-ethyl adjacent to an activating group) is 1. The molecule has 0 aliphatic carbocycles. The third-order valence-corrected chi connectivity index (χ3v) is 4.77. The van der Waals surface area contributed by atoms with E-state index in [2.05, 4.69) is 42.0 Å². The Balaban J connectivity index is 1.91. The number of rotatable bonds is 4. The van der Waals surface area contributed by atoms with Gasteiger partial charge in [-0.1, -0.05) is 19.1 Å². The number of anilines is 1. The van der Waals surface area contributed by atoms with Crippen molar-refractivity contribution in [2.75, 3.05) is 44.7 Å². The van der Waals surface area contributed by atoms with E-state index >= 15 is 0 Å². The first-order chi connectivity index (χ1) is 10.2. The van der Waals surface area contributed by atoms with Crippen molar-refractivity contribution in [3.05, 3.63) is 29.3 Å². The average Bonchev–Trinajstić information content (AvgIpc) is 2.88. The molecule has 0 amide bonds. The quantitative estimate of drug-likeness (QED) is 0.917. The predicted octanol–water partition coefficient (Wildman–Crippen LogP) is 1.79. The summed E-state index contributed by atoms with van der Waals surface area (Å²) in [7, 11) is 2.17. The highest BCUT2D eigenvalue weighted by molar-refractivity contribution is 5.58. The van der Waals surface area contributed by atoms with Gasteiger partial charge in [-0.15, -0.1) is 0 Å². The summed E-state index contributed by atoms with van der Waals surface area (Å²) in [5.41, 5.74) is 10.2. The molecule has 21 heavy (non-hydrogen) atoms. The van der Waals surface area contributed by atoms with Crippen molar-refractivity contribution in [2.45, 2.75) is 31.9 Å². The van der Waals surface area contributed by atoms with E-state index in [-0.39, 0.29) is 6.10 Å². The van der Waals surface area contributed by atoms with Gasteiger partial charge < -0.3 is 15.4 Å². The van der Waals surface area contributed by atoms with Gasteiger partial charge >= 0.3 is 0 Å².